The van der Waals surface area contributed by atoms with Crippen molar-refractivity contribution in [2.24, 2.45) is 5.92 Å². The fourth-order valence-corrected chi connectivity index (χ4v) is 2.08. The number of aromatic nitrogens is 2. The van der Waals surface area contributed by atoms with Gasteiger partial charge < -0.3 is 9.73 Å². The van der Waals surface area contributed by atoms with E-state index in [0.717, 1.165) is 5.76 Å². The summed E-state index contributed by atoms with van der Waals surface area (Å²) in [6.45, 7) is 6.52. The van der Waals surface area contributed by atoms with Crippen LogP contribution in [0.2, 0.25) is 5.02 Å². The van der Waals surface area contributed by atoms with Gasteiger partial charge in [-0.05, 0) is 25.0 Å². The third kappa shape index (κ3) is 3.22. The lowest BCUT2D eigenvalue weighted by Gasteiger charge is -2.15. The Labute approximate surface area is 122 Å². The summed E-state index contributed by atoms with van der Waals surface area (Å²) in [7, 11) is 0. The molecule has 5 nitrogen and oxygen atoms in total. The first-order valence-electron chi connectivity index (χ1n) is 6.54. The molecule has 2 heterocycles. The number of anilines is 1. The molecule has 0 bridgehead atoms. The van der Waals surface area contributed by atoms with Crippen molar-refractivity contribution >= 4 is 17.3 Å². The molecule has 0 saturated heterocycles. The van der Waals surface area contributed by atoms with Crippen molar-refractivity contribution in [1.82, 2.24) is 9.78 Å². The number of nitrogens with zero attached hydrogens (tertiary/aromatic N) is 2. The minimum atomic E-state index is -0.281. The Morgan fingerprint density at radius 2 is 2.20 bits per heavy atom. The highest BCUT2D eigenvalue weighted by Gasteiger charge is 2.14. The Bertz CT molecular complexity index is 620. The van der Waals surface area contributed by atoms with E-state index in [1.165, 1.54) is 4.68 Å². The maximum absolute atomic E-state index is 12.1. The number of rotatable bonds is 5. The molecule has 0 aliphatic carbocycles. The standard InChI is InChI=1S/C14H18ClN3O2/c1-9(2)8-18-14(19)13(15)11(7-16-18)17-10(3)12-5-4-6-20-12/h4-7,9-10,17H,8H2,1-3H3. The van der Waals surface area contributed by atoms with E-state index in [4.69, 9.17) is 16.0 Å². The van der Waals surface area contributed by atoms with Gasteiger partial charge in [0, 0.05) is 6.54 Å². The molecule has 108 valence electrons. The fraction of sp³-hybridized carbons (Fsp3) is 0.429. The van der Waals surface area contributed by atoms with Gasteiger partial charge in [-0.3, -0.25) is 4.79 Å². The zero-order chi connectivity index (χ0) is 14.7. The molecule has 0 saturated carbocycles. The maximum atomic E-state index is 12.1. The molecule has 2 aromatic heterocycles. The third-order valence-corrected chi connectivity index (χ3v) is 3.23. The van der Waals surface area contributed by atoms with Crippen molar-refractivity contribution in [2.45, 2.75) is 33.4 Å². The van der Waals surface area contributed by atoms with Crippen LogP contribution in [0, 0.1) is 5.92 Å². The zero-order valence-electron chi connectivity index (χ0n) is 11.8. The van der Waals surface area contributed by atoms with Gasteiger partial charge in [0.1, 0.15) is 10.8 Å². The first kappa shape index (κ1) is 14.7. The SMILES string of the molecule is CC(C)Cn1ncc(NC(C)c2ccco2)c(Cl)c1=O. The van der Waals surface area contributed by atoms with E-state index in [-0.39, 0.29) is 16.6 Å². The Balaban J connectivity index is 2.21. The van der Waals surface area contributed by atoms with Crippen molar-refractivity contribution < 1.29 is 4.42 Å². The topological polar surface area (TPSA) is 60.1 Å². The van der Waals surface area contributed by atoms with Crippen molar-refractivity contribution in [2.75, 3.05) is 5.32 Å². The van der Waals surface area contributed by atoms with Crippen LogP contribution in [0.25, 0.3) is 0 Å². The average molecular weight is 296 g/mol. The van der Waals surface area contributed by atoms with Gasteiger partial charge >= 0.3 is 0 Å². The van der Waals surface area contributed by atoms with Gasteiger partial charge in [0.2, 0.25) is 0 Å². The molecule has 0 fully saturated rings. The number of halogens is 1. The van der Waals surface area contributed by atoms with Crippen molar-refractivity contribution in [3.05, 3.63) is 45.7 Å². The van der Waals surface area contributed by atoms with Crippen molar-refractivity contribution in [1.29, 1.82) is 0 Å². The van der Waals surface area contributed by atoms with Gasteiger partial charge in [0.05, 0.1) is 24.2 Å². The summed E-state index contributed by atoms with van der Waals surface area (Å²) in [6.07, 6.45) is 3.18. The second kappa shape index (κ2) is 6.13. The zero-order valence-corrected chi connectivity index (χ0v) is 12.5. The van der Waals surface area contributed by atoms with Gasteiger partial charge in [0.15, 0.2) is 0 Å². The molecule has 1 N–H and O–H groups in total. The number of hydrogen-bond donors (Lipinski definition) is 1. The Morgan fingerprint density at radius 3 is 2.80 bits per heavy atom. The lowest BCUT2D eigenvalue weighted by Crippen LogP contribution is -2.26. The van der Waals surface area contributed by atoms with E-state index in [1.54, 1.807) is 12.5 Å². The Hall–Kier alpha value is -1.75. The predicted molar refractivity (Wildman–Crippen MR) is 79.1 cm³/mol. The van der Waals surface area contributed by atoms with Crippen LogP contribution in [0.5, 0.6) is 0 Å². The maximum Gasteiger partial charge on any atom is 0.287 e. The van der Waals surface area contributed by atoms with Gasteiger partial charge in [-0.2, -0.15) is 5.10 Å². The molecule has 20 heavy (non-hydrogen) atoms. The van der Waals surface area contributed by atoms with E-state index in [0.29, 0.717) is 18.2 Å². The van der Waals surface area contributed by atoms with Crippen LogP contribution in [0.3, 0.4) is 0 Å². The third-order valence-electron chi connectivity index (χ3n) is 2.86. The van der Waals surface area contributed by atoms with Crippen LogP contribution in [0.1, 0.15) is 32.6 Å². The summed E-state index contributed by atoms with van der Waals surface area (Å²) >= 11 is 6.12. The molecular formula is C14H18ClN3O2. The summed E-state index contributed by atoms with van der Waals surface area (Å²) in [6, 6.07) is 3.58. The van der Waals surface area contributed by atoms with Gasteiger partial charge in [-0.1, -0.05) is 25.4 Å². The lowest BCUT2D eigenvalue weighted by molar-refractivity contribution is 0.463. The molecule has 1 atom stereocenters. The number of furan rings is 1. The van der Waals surface area contributed by atoms with Crippen molar-refractivity contribution in [3.8, 4) is 0 Å². The lowest BCUT2D eigenvalue weighted by atomic mass is 10.2. The molecule has 0 spiro atoms. The number of nitrogens with one attached hydrogen (secondary N) is 1. The first-order valence-corrected chi connectivity index (χ1v) is 6.92. The van der Waals surface area contributed by atoms with Crippen molar-refractivity contribution in [3.63, 3.8) is 0 Å². The van der Waals surface area contributed by atoms with Crippen LogP contribution in [0.4, 0.5) is 5.69 Å². The highest BCUT2D eigenvalue weighted by molar-refractivity contribution is 6.32. The van der Waals surface area contributed by atoms with Gasteiger partial charge in [-0.15, -0.1) is 0 Å². The summed E-state index contributed by atoms with van der Waals surface area (Å²) < 4.78 is 6.69. The molecule has 2 aromatic rings. The van der Waals surface area contributed by atoms with E-state index in [2.05, 4.69) is 10.4 Å². The number of hydrogen-bond acceptors (Lipinski definition) is 4. The molecule has 0 aliphatic heterocycles. The predicted octanol–water partition coefficient (Wildman–Crippen LogP) is 3.32. The van der Waals surface area contributed by atoms with Crippen LogP contribution < -0.4 is 10.9 Å². The van der Waals surface area contributed by atoms with E-state index in [9.17, 15) is 4.79 Å². The van der Waals surface area contributed by atoms with Crippen LogP contribution in [-0.4, -0.2) is 9.78 Å². The van der Waals surface area contributed by atoms with Crippen LogP contribution in [0.15, 0.2) is 33.8 Å². The van der Waals surface area contributed by atoms with Crippen LogP contribution in [-0.2, 0) is 6.54 Å². The Morgan fingerprint density at radius 1 is 1.45 bits per heavy atom. The average Bonchev–Trinajstić information content (AvgIpc) is 2.92. The molecule has 2 rings (SSSR count). The second-order valence-electron chi connectivity index (χ2n) is 5.13. The van der Waals surface area contributed by atoms with E-state index in [1.807, 2.05) is 32.9 Å². The minimum absolute atomic E-state index is 0.0929. The molecule has 6 heteroatoms. The summed E-state index contributed by atoms with van der Waals surface area (Å²) in [5, 5.41) is 7.42. The summed E-state index contributed by atoms with van der Waals surface area (Å²) in [5.74, 6) is 1.10. The molecule has 0 radical (unpaired) electrons. The first-order chi connectivity index (χ1) is 9.49. The smallest absolute Gasteiger partial charge is 0.287 e. The fourth-order valence-electron chi connectivity index (χ4n) is 1.88. The van der Waals surface area contributed by atoms with Gasteiger partial charge in [-0.25, -0.2) is 4.68 Å². The molecule has 0 aliphatic rings. The molecule has 1 unspecified atom stereocenters. The Kier molecular flexibility index (Phi) is 4.49. The van der Waals surface area contributed by atoms with E-state index < -0.39 is 0 Å². The largest absolute Gasteiger partial charge is 0.467 e. The van der Waals surface area contributed by atoms with E-state index >= 15 is 0 Å². The highest BCUT2D eigenvalue weighted by atomic mass is 35.5. The summed E-state index contributed by atoms with van der Waals surface area (Å²) in [4.78, 5) is 12.1. The monoisotopic (exact) mass is 295 g/mol. The van der Waals surface area contributed by atoms with Gasteiger partial charge in [0.25, 0.3) is 5.56 Å². The molecule has 0 aromatic carbocycles. The molecule has 0 amide bonds. The quantitative estimate of drug-likeness (QED) is 0.919. The second-order valence-corrected chi connectivity index (χ2v) is 5.51. The minimum Gasteiger partial charge on any atom is -0.467 e. The molecular weight excluding hydrogens is 278 g/mol. The normalized spacial score (nSPS) is 12.7. The summed E-state index contributed by atoms with van der Waals surface area (Å²) in [5.41, 5.74) is 0.234. The van der Waals surface area contributed by atoms with Crippen LogP contribution >= 0.6 is 11.6 Å². The highest BCUT2D eigenvalue weighted by Crippen LogP contribution is 2.23.